The third kappa shape index (κ3) is 1.98. The van der Waals surface area contributed by atoms with Crippen LogP contribution in [0.25, 0.3) is 0 Å². The highest BCUT2D eigenvalue weighted by Crippen LogP contribution is 2.02. The lowest BCUT2D eigenvalue weighted by Gasteiger charge is -1.85. The topological polar surface area (TPSA) is 39.6 Å². The van der Waals surface area contributed by atoms with Crippen LogP contribution in [0.2, 0.25) is 0 Å². The number of hydrogen-bond acceptors (Lipinski definition) is 1. The highest BCUT2D eigenvalue weighted by molar-refractivity contribution is 5.29. The van der Waals surface area contributed by atoms with E-state index in [1.807, 2.05) is 25.1 Å². The van der Waals surface area contributed by atoms with E-state index in [4.69, 9.17) is 5.26 Å². The Kier molecular flexibility index (Phi) is 2.51. The van der Waals surface area contributed by atoms with Gasteiger partial charge in [-0.2, -0.15) is 5.26 Å². The number of hydrogen-bond donors (Lipinski definition) is 1. The Morgan fingerprint density at radius 3 is 3.09 bits per heavy atom. The van der Waals surface area contributed by atoms with Gasteiger partial charge < -0.3 is 4.98 Å². The zero-order valence-corrected chi connectivity index (χ0v) is 6.46. The van der Waals surface area contributed by atoms with Gasteiger partial charge in [-0.15, -0.1) is 0 Å². The largest absolute Gasteiger partial charge is 0.363 e. The minimum atomic E-state index is 0.699. The lowest BCUT2D eigenvalue weighted by molar-refractivity contribution is 1.15. The highest BCUT2D eigenvalue weighted by atomic mass is 14.7. The molecule has 1 N–H and O–H groups in total. The smallest absolute Gasteiger partial charge is 0.101 e. The molecule has 0 aliphatic heterocycles. The first-order valence-electron chi connectivity index (χ1n) is 3.55. The van der Waals surface area contributed by atoms with Crippen LogP contribution < -0.4 is 0 Å². The van der Waals surface area contributed by atoms with E-state index in [0.29, 0.717) is 5.56 Å². The van der Waals surface area contributed by atoms with Crippen molar-refractivity contribution in [3.63, 3.8) is 0 Å². The van der Waals surface area contributed by atoms with Crippen molar-refractivity contribution < 1.29 is 0 Å². The first-order valence-corrected chi connectivity index (χ1v) is 3.55. The van der Waals surface area contributed by atoms with E-state index in [9.17, 15) is 0 Å². The fourth-order valence-corrected chi connectivity index (χ4v) is 0.869. The van der Waals surface area contributed by atoms with Crippen LogP contribution in [-0.2, 0) is 6.42 Å². The summed E-state index contributed by atoms with van der Waals surface area (Å²) in [6, 6.07) is 3.93. The maximum absolute atomic E-state index is 8.49. The average molecular weight is 146 g/mol. The molecular weight excluding hydrogens is 136 g/mol. The van der Waals surface area contributed by atoms with Gasteiger partial charge in [0.15, 0.2) is 0 Å². The van der Waals surface area contributed by atoms with E-state index >= 15 is 0 Å². The van der Waals surface area contributed by atoms with Gasteiger partial charge >= 0.3 is 0 Å². The van der Waals surface area contributed by atoms with Crippen molar-refractivity contribution in [3.05, 3.63) is 35.7 Å². The van der Waals surface area contributed by atoms with Crippen molar-refractivity contribution in [2.24, 2.45) is 0 Å². The molecule has 1 aromatic rings. The molecule has 0 atom stereocenters. The van der Waals surface area contributed by atoms with Crippen molar-refractivity contribution in [2.75, 3.05) is 0 Å². The lowest BCUT2D eigenvalue weighted by atomic mass is 10.2. The summed E-state index contributed by atoms with van der Waals surface area (Å²) in [4.78, 5) is 3.02. The van der Waals surface area contributed by atoms with E-state index in [1.165, 1.54) is 0 Å². The Labute approximate surface area is 66.2 Å². The summed E-state index contributed by atoms with van der Waals surface area (Å²) in [6.45, 7) is 1.98. The van der Waals surface area contributed by atoms with Crippen molar-refractivity contribution in [2.45, 2.75) is 13.3 Å². The molecular formula is C9H10N2. The number of H-pyrrole nitrogens is 1. The Morgan fingerprint density at radius 1 is 1.73 bits per heavy atom. The number of aromatic amines is 1. The van der Waals surface area contributed by atoms with Gasteiger partial charge in [-0.25, -0.2) is 0 Å². The summed E-state index contributed by atoms with van der Waals surface area (Å²) >= 11 is 0. The van der Waals surface area contributed by atoms with E-state index < -0.39 is 0 Å². The molecule has 0 aliphatic carbocycles. The molecule has 1 aromatic heterocycles. The standard InChI is InChI=1S/C9H10N2/c1-2-3-4-9-5-8(6-10)7-11-9/h2-3,5,7,11H,4H2,1H3/b3-2-. The molecule has 0 fully saturated rings. The van der Waals surface area contributed by atoms with Gasteiger partial charge in [-0.3, -0.25) is 0 Å². The number of nitrogens with zero attached hydrogens (tertiary/aromatic N) is 1. The fraction of sp³-hybridized carbons (Fsp3) is 0.222. The van der Waals surface area contributed by atoms with Crippen LogP contribution in [0.3, 0.4) is 0 Å². The van der Waals surface area contributed by atoms with E-state index in [2.05, 4.69) is 11.1 Å². The highest BCUT2D eigenvalue weighted by Gasteiger charge is 1.93. The van der Waals surface area contributed by atoms with Crippen LogP contribution >= 0.6 is 0 Å². The minimum Gasteiger partial charge on any atom is -0.363 e. The van der Waals surface area contributed by atoms with Crippen molar-refractivity contribution >= 4 is 0 Å². The summed E-state index contributed by atoms with van der Waals surface area (Å²) in [5.41, 5.74) is 1.78. The van der Waals surface area contributed by atoms with Crippen molar-refractivity contribution in [3.8, 4) is 6.07 Å². The molecule has 0 amide bonds. The third-order valence-electron chi connectivity index (χ3n) is 1.45. The second-order valence-corrected chi connectivity index (χ2v) is 2.30. The summed E-state index contributed by atoms with van der Waals surface area (Å²) in [7, 11) is 0. The Hall–Kier alpha value is -1.49. The number of nitrogens with one attached hydrogen (secondary N) is 1. The van der Waals surface area contributed by atoms with E-state index in [-0.39, 0.29) is 0 Å². The molecule has 0 aliphatic rings. The number of rotatable bonds is 2. The quantitative estimate of drug-likeness (QED) is 0.637. The fourth-order valence-electron chi connectivity index (χ4n) is 0.869. The van der Waals surface area contributed by atoms with Crippen LogP contribution in [0.1, 0.15) is 18.2 Å². The van der Waals surface area contributed by atoms with E-state index in [1.54, 1.807) is 6.20 Å². The number of allylic oxidation sites excluding steroid dienone is 2. The molecule has 11 heavy (non-hydrogen) atoms. The maximum atomic E-state index is 8.49. The van der Waals surface area contributed by atoms with Crippen molar-refractivity contribution in [1.82, 2.24) is 4.98 Å². The second-order valence-electron chi connectivity index (χ2n) is 2.30. The first-order chi connectivity index (χ1) is 5.36. The molecule has 0 radical (unpaired) electrons. The van der Waals surface area contributed by atoms with Crippen LogP contribution in [0.5, 0.6) is 0 Å². The maximum Gasteiger partial charge on any atom is 0.101 e. The first kappa shape index (κ1) is 7.62. The monoisotopic (exact) mass is 146 g/mol. The minimum absolute atomic E-state index is 0.699. The molecule has 1 heterocycles. The van der Waals surface area contributed by atoms with E-state index in [0.717, 1.165) is 12.1 Å². The molecule has 0 saturated carbocycles. The Balaban J connectivity index is 2.67. The van der Waals surface area contributed by atoms with Gasteiger partial charge in [-0.05, 0) is 13.0 Å². The molecule has 2 nitrogen and oxygen atoms in total. The third-order valence-corrected chi connectivity index (χ3v) is 1.45. The predicted molar refractivity (Wildman–Crippen MR) is 44.0 cm³/mol. The number of aromatic nitrogens is 1. The lowest BCUT2D eigenvalue weighted by Crippen LogP contribution is -1.77. The number of nitriles is 1. The van der Waals surface area contributed by atoms with Crippen LogP contribution in [0.15, 0.2) is 24.4 Å². The van der Waals surface area contributed by atoms with Gasteiger partial charge in [0.1, 0.15) is 6.07 Å². The van der Waals surface area contributed by atoms with Gasteiger partial charge in [-0.1, -0.05) is 12.2 Å². The average Bonchev–Trinajstić information content (AvgIpc) is 2.48. The van der Waals surface area contributed by atoms with Crippen LogP contribution in [-0.4, -0.2) is 4.98 Å². The zero-order chi connectivity index (χ0) is 8.10. The molecule has 0 unspecified atom stereocenters. The summed E-state index contributed by atoms with van der Waals surface area (Å²) in [5, 5.41) is 8.49. The van der Waals surface area contributed by atoms with Gasteiger partial charge in [0.2, 0.25) is 0 Å². The second kappa shape index (κ2) is 3.62. The van der Waals surface area contributed by atoms with Gasteiger partial charge in [0, 0.05) is 18.3 Å². The normalized spacial score (nSPS) is 10.2. The zero-order valence-electron chi connectivity index (χ0n) is 6.46. The molecule has 56 valence electrons. The molecule has 0 aromatic carbocycles. The van der Waals surface area contributed by atoms with Crippen LogP contribution in [0.4, 0.5) is 0 Å². The van der Waals surface area contributed by atoms with Crippen LogP contribution in [0, 0.1) is 11.3 Å². The molecule has 0 bridgehead atoms. The molecule has 2 heteroatoms. The summed E-state index contributed by atoms with van der Waals surface area (Å²) in [5.74, 6) is 0. The molecule has 0 saturated heterocycles. The van der Waals surface area contributed by atoms with Crippen molar-refractivity contribution in [1.29, 1.82) is 5.26 Å². The van der Waals surface area contributed by atoms with Gasteiger partial charge in [0.25, 0.3) is 0 Å². The van der Waals surface area contributed by atoms with Gasteiger partial charge in [0.05, 0.1) is 5.56 Å². The molecule has 1 rings (SSSR count). The SMILES string of the molecule is C/C=C\Cc1cc(C#N)c[nH]1. The predicted octanol–water partition coefficient (Wildman–Crippen LogP) is 2.00. The summed E-state index contributed by atoms with van der Waals surface area (Å²) in [6.07, 6.45) is 6.64. The summed E-state index contributed by atoms with van der Waals surface area (Å²) < 4.78 is 0. The Bertz CT molecular complexity index is 289. The Morgan fingerprint density at radius 2 is 2.55 bits per heavy atom. The molecule has 0 spiro atoms.